The van der Waals surface area contributed by atoms with Gasteiger partial charge in [0.2, 0.25) is 5.65 Å². The standard InChI is InChI=1S/C17H18N6O/c24-17(14-8-9-18-16-15(14)20-22-21-16)23-10-4-7-13(11-23)19-12-5-2-1-3-6-12/h1-3,5-6,8-9,13,19H,4,7,10-11H2,(H,18,20,21,22). The summed E-state index contributed by atoms with van der Waals surface area (Å²) < 4.78 is 0. The third kappa shape index (κ3) is 2.80. The molecule has 3 aromatic rings. The van der Waals surface area contributed by atoms with Crippen molar-refractivity contribution in [1.29, 1.82) is 0 Å². The van der Waals surface area contributed by atoms with Gasteiger partial charge in [-0.25, -0.2) is 4.98 Å². The number of carbonyl (C=O) groups excluding carboxylic acids is 1. The van der Waals surface area contributed by atoms with E-state index in [1.807, 2.05) is 35.2 Å². The van der Waals surface area contributed by atoms with Crippen molar-refractivity contribution in [2.24, 2.45) is 0 Å². The normalized spacial score (nSPS) is 17.8. The summed E-state index contributed by atoms with van der Waals surface area (Å²) in [6.45, 7) is 1.43. The molecule has 0 bridgehead atoms. The Bertz CT molecular complexity index is 846. The Morgan fingerprint density at radius 3 is 2.96 bits per heavy atom. The molecule has 1 fully saturated rings. The fourth-order valence-corrected chi connectivity index (χ4v) is 3.15. The zero-order valence-electron chi connectivity index (χ0n) is 13.1. The van der Waals surface area contributed by atoms with Crippen molar-refractivity contribution in [1.82, 2.24) is 25.3 Å². The number of benzene rings is 1. The summed E-state index contributed by atoms with van der Waals surface area (Å²) in [5.41, 5.74) is 2.63. The van der Waals surface area contributed by atoms with E-state index < -0.39 is 0 Å². The fourth-order valence-electron chi connectivity index (χ4n) is 3.15. The summed E-state index contributed by atoms with van der Waals surface area (Å²) >= 11 is 0. The van der Waals surface area contributed by atoms with Crippen molar-refractivity contribution in [3.05, 3.63) is 48.2 Å². The molecule has 3 heterocycles. The number of H-pyrrole nitrogens is 1. The van der Waals surface area contributed by atoms with Crippen LogP contribution in [0, 0.1) is 0 Å². The summed E-state index contributed by atoms with van der Waals surface area (Å²) in [7, 11) is 0. The number of nitrogens with one attached hydrogen (secondary N) is 2. The molecule has 7 heteroatoms. The minimum absolute atomic E-state index is 0.0177. The zero-order valence-corrected chi connectivity index (χ0v) is 13.1. The van der Waals surface area contributed by atoms with Crippen molar-refractivity contribution in [2.45, 2.75) is 18.9 Å². The van der Waals surface area contributed by atoms with Gasteiger partial charge in [0.1, 0.15) is 5.52 Å². The van der Waals surface area contributed by atoms with E-state index >= 15 is 0 Å². The van der Waals surface area contributed by atoms with E-state index in [4.69, 9.17) is 0 Å². The van der Waals surface area contributed by atoms with Crippen LogP contribution in [0.15, 0.2) is 42.6 Å². The highest BCUT2D eigenvalue weighted by Gasteiger charge is 2.26. The van der Waals surface area contributed by atoms with Gasteiger partial charge in [-0.3, -0.25) is 4.79 Å². The lowest BCUT2D eigenvalue weighted by Crippen LogP contribution is -2.45. The van der Waals surface area contributed by atoms with Crippen LogP contribution >= 0.6 is 0 Å². The fraction of sp³-hybridized carbons (Fsp3) is 0.294. The maximum Gasteiger partial charge on any atom is 0.256 e. The highest BCUT2D eigenvalue weighted by molar-refractivity contribution is 6.03. The summed E-state index contributed by atoms with van der Waals surface area (Å²) in [6, 6.07) is 12.1. The minimum Gasteiger partial charge on any atom is -0.381 e. The Hall–Kier alpha value is -2.96. The second-order valence-corrected chi connectivity index (χ2v) is 5.96. The molecule has 0 saturated carbocycles. The summed E-state index contributed by atoms with van der Waals surface area (Å²) in [5.74, 6) is -0.0177. The smallest absolute Gasteiger partial charge is 0.256 e. The number of piperidine rings is 1. The van der Waals surface area contributed by atoms with E-state index in [9.17, 15) is 4.79 Å². The maximum absolute atomic E-state index is 12.9. The van der Waals surface area contributed by atoms with Crippen molar-refractivity contribution in [3.63, 3.8) is 0 Å². The molecule has 1 aromatic carbocycles. The SMILES string of the molecule is O=C(c1ccnc2n[nH]nc12)N1CCCC(Nc2ccccc2)C1. The number of nitrogens with zero attached hydrogens (tertiary/aromatic N) is 4. The molecule has 0 radical (unpaired) electrons. The molecule has 0 aliphatic carbocycles. The van der Waals surface area contributed by atoms with E-state index in [1.165, 1.54) is 0 Å². The van der Waals surface area contributed by atoms with E-state index in [2.05, 4.69) is 25.7 Å². The highest BCUT2D eigenvalue weighted by Crippen LogP contribution is 2.20. The number of carbonyl (C=O) groups is 1. The van der Waals surface area contributed by atoms with Crippen LogP contribution in [-0.2, 0) is 0 Å². The number of amides is 1. The van der Waals surface area contributed by atoms with E-state index in [-0.39, 0.29) is 11.9 Å². The first-order valence-electron chi connectivity index (χ1n) is 8.07. The van der Waals surface area contributed by atoms with Crippen LogP contribution in [0.1, 0.15) is 23.2 Å². The first-order valence-corrected chi connectivity index (χ1v) is 8.07. The second-order valence-electron chi connectivity index (χ2n) is 5.96. The van der Waals surface area contributed by atoms with Gasteiger partial charge >= 0.3 is 0 Å². The van der Waals surface area contributed by atoms with E-state index in [1.54, 1.807) is 12.3 Å². The van der Waals surface area contributed by atoms with Crippen molar-refractivity contribution >= 4 is 22.8 Å². The quantitative estimate of drug-likeness (QED) is 0.771. The molecule has 122 valence electrons. The lowest BCUT2D eigenvalue weighted by molar-refractivity contribution is 0.0716. The number of likely N-dealkylation sites (tertiary alicyclic amines) is 1. The highest BCUT2D eigenvalue weighted by atomic mass is 16.2. The third-order valence-corrected chi connectivity index (χ3v) is 4.31. The number of aromatic nitrogens is 4. The molecule has 4 rings (SSSR count). The maximum atomic E-state index is 12.9. The predicted molar refractivity (Wildman–Crippen MR) is 90.7 cm³/mol. The van der Waals surface area contributed by atoms with Gasteiger partial charge in [-0.2, -0.15) is 10.3 Å². The molecular formula is C17H18N6O. The monoisotopic (exact) mass is 322 g/mol. The van der Waals surface area contributed by atoms with Crippen LogP contribution in [0.4, 0.5) is 5.69 Å². The average Bonchev–Trinajstić information content (AvgIpc) is 3.11. The Morgan fingerprint density at radius 1 is 1.21 bits per heavy atom. The molecule has 1 unspecified atom stereocenters. The molecule has 1 amide bonds. The molecule has 1 aliphatic rings. The largest absolute Gasteiger partial charge is 0.381 e. The van der Waals surface area contributed by atoms with Gasteiger partial charge in [-0.05, 0) is 31.0 Å². The number of pyridine rings is 1. The molecule has 1 saturated heterocycles. The molecule has 2 aromatic heterocycles. The van der Waals surface area contributed by atoms with Gasteiger partial charge < -0.3 is 10.2 Å². The Balaban J connectivity index is 1.51. The molecule has 7 nitrogen and oxygen atoms in total. The zero-order chi connectivity index (χ0) is 16.4. The predicted octanol–water partition coefficient (Wildman–Crippen LogP) is 2.07. The van der Waals surface area contributed by atoms with Crippen molar-refractivity contribution in [3.8, 4) is 0 Å². The molecule has 1 aliphatic heterocycles. The lowest BCUT2D eigenvalue weighted by atomic mass is 10.0. The van der Waals surface area contributed by atoms with Crippen LogP contribution in [0.25, 0.3) is 11.2 Å². The van der Waals surface area contributed by atoms with Crippen molar-refractivity contribution < 1.29 is 4.79 Å². The number of aromatic amines is 1. The lowest BCUT2D eigenvalue weighted by Gasteiger charge is -2.33. The van der Waals surface area contributed by atoms with Crippen LogP contribution in [0.5, 0.6) is 0 Å². The number of hydrogen-bond donors (Lipinski definition) is 2. The molecule has 24 heavy (non-hydrogen) atoms. The van der Waals surface area contributed by atoms with Crippen LogP contribution in [0.3, 0.4) is 0 Å². The van der Waals surface area contributed by atoms with Gasteiger partial charge in [-0.1, -0.05) is 18.2 Å². The average molecular weight is 322 g/mol. The van der Waals surface area contributed by atoms with Crippen LogP contribution in [0.2, 0.25) is 0 Å². The van der Waals surface area contributed by atoms with Crippen LogP contribution in [-0.4, -0.2) is 50.3 Å². The number of anilines is 1. The Kier molecular flexibility index (Phi) is 3.82. The first kappa shape index (κ1) is 14.6. The third-order valence-electron chi connectivity index (χ3n) is 4.31. The van der Waals surface area contributed by atoms with E-state index in [0.29, 0.717) is 23.3 Å². The van der Waals surface area contributed by atoms with Crippen LogP contribution < -0.4 is 5.32 Å². The first-order chi connectivity index (χ1) is 11.8. The Labute approximate surface area is 139 Å². The number of rotatable bonds is 3. The number of fused-ring (bicyclic) bond motifs is 1. The van der Waals surface area contributed by atoms with Gasteiger partial charge in [0, 0.05) is 31.0 Å². The summed E-state index contributed by atoms with van der Waals surface area (Å²) in [5, 5.41) is 14.0. The topological polar surface area (TPSA) is 86.8 Å². The van der Waals surface area contributed by atoms with Gasteiger partial charge in [-0.15, -0.1) is 5.10 Å². The summed E-state index contributed by atoms with van der Waals surface area (Å²) in [6.07, 6.45) is 3.62. The van der Waals surface area contributed by atoms with E-state index in [0.717, 1.165) is 25.1 Å². The Morgan fingerprint density at radius 2 is 2.08 bits per heavy atom. The second kappa shape index (κ2) is 6.27. The van der Waals surface area contributed by atoms with Gasteiger partial charge in [0.25, 0.3) is 5.91 Å². The number of para-hydroxylation sites is 1. The minimum atomic E-state index is -0.0177. The van der Waals surface area contributed by atoms with Crippen molar-refractivity contribution in [2.75, 3.05) is 18.4 Å². The molecule has 2 N–H and O–H groups in total. The molecular weight excluding hydrogens is 304 g/mol. The number of hydrogen-bond acceptors (Lipinski definition) is 5. The molecule has 1 atom stereocenters. The van der Waals surface area contributed by atoms with Gasteiger partial charge in [0.15, 0.2) is 0 Å². The van der Waals surface area contributed by atoms with Gasteiger partial charge in [0.05, 0.1) is 5.56 Å². The summed E-state index contributed by atoms with van der Waals surface area (Å²) in [4.78, 5) is 18.9. The molecule has 0 spiro atoms.